The van der Waals surface area contributed by atoms with Gasteiger partial charge in [-0.3, -0.25) is 9.59 Å². The quantitative estimate of drug-likeness (QED) is 0.613. The smallest absolute Gasteiger partial charge is 0.286 e. The minimum absolute atomic E-state index is 0.0255. The van der Waals surface area contributed by atoms with Gasteiger partial charge in [-0.15, -0.1) is 0 Å². The number of rotatable bonds is 8. The van der Waals surface area contributed by atoms with Crippen molar-refractivity contribution >= 4 is 17.5 Å². The van der Waals surface area contributed by atoms with Gasteiger partial charge >= 0.3 is 0 Å². The number of amides is 2. The Morgan fingerprint density at radius 2 is 1.74 bits per heavy atom. The summed E-state index contributed by atoms with van der Waals surface area (Å²) in [5.41, 5.74) is 1.95. The Morgan fingerprint density at radius 1 is 1.00 bits per heavy atom. The monoisotopic (exact) mass is 366 g/mol. The molecule has 0 radical (unpaired) electrons. The largest absolute Gasteiger partial charge is 0.467 e. The normalized spacial score (nSPS) is 10.6. The SMILES string of the molecule is Cc1ccc(N(Cc2ccco2)C(=O)CCCNC(=O)c2ccco2)cc1. The van der Waals surface area contributed by atoms with Crippen LogP contribution < -0.4 is 10.2 Å². The van der Waals surface area contributed by atoms with Crippen molar-refractivity contribution in [3.05, 3.63) is 78.1 Å². The summed E-state index contributed by atoms with van der Waals surface area (Å²) in [5, 5.41) is 2.75. The number of carbonyl (C=O) groups is 2. The summed E-state index contributed by atoms with van der Waals surface area (Å²) in [6, 6.07) is 14.7. The van der Waals surface area contributed by atoms with Gasteiger partial charge in [0, 0.05) is 18.7 Å². The molecule has 2 heterocycles. The first-order valence-corrected chi connectivity index (χ1v) is 8.84. The van der Waals surface area contributed by atoms with Crippen LogP contribution in [0.5, 0.6) is 0 Å². The maximum atomic E-state index is 12.8. The zero-order valence-corrected chi connectivity index (χ0v) is 15.2. The van der Waals surface area contributed by atoms with Gasteiger partial charge in [-0.1, -0.05) is 17.7 Å². The van der Waals surface area contributed by atoms with E-state index in [2.05, 4.69) is 5.32 Å². The standard InChI is InChI=1S/C21H22N2O4/c1-16-8-10-17(11-9-16)23(15-18-5-3-13-26-18)20(24)7-2-12-22-21(25)19-6-4-14-27-19/h3-6,8-11,13-14H,2,7,12,15H2,1H3,(H,22,25). The molecule has 3 rings (SSSR count). The van der Waals surface area contributed by atoms with E-state index in [0.717, 1.165) is 17.0 Å². The third-order valence-electron chi connectivity index (χ3n) is 4.14. The van der Waals surface area contributed by atoms with Crippen LogP contribution in [0.4, 0.5) is 5.69 Å². The van der Waals surface area contributed by atoms with E-state index in [0.29, 0.717) is 25.9 Å². The second-order valence-corrected chi connectivity index (χ2v) is 6.23. The number of aryl methyl sites for hydroxylation is 1. The first-order valence-electron chi connectivity index (χ1n) is 8.84. The molecule has 0 atom stereocenters. The molecule has 0 saturated heterocycles. The van der Waals surface area contributed by atoms with Gasteiger partial charge in [0.15, 0.2) is 5.76 Å². The number of hydrogen-bond donors (Lipinski definition) is 1. The number of nitrogens with zero attached hydrogens (tertiary/aromatic N) is 1. The van der Waals surface area contributed by atoms with Gasteiger partial charge in [-0.25, -0.2) is 0 Å². The zero-order chi connectivity index (χ0) is 19.1. The Labute approximate surface area is 157 Å². The van der Waals surface area contributed by atoms with Crippen molar-refractivity contribution in [1.82, 2.24) is 5.32 Å². The van der Waals surface area contributed by atoms with Gasteiger partial charge in [-0.05, 0) is 49.7 Å². The van der Waals surface area contributed by atoms with Gasteiger partial charge < -0.3 is 19.1 Å². The van der Waals surface area contributed by atoms with Crippen LogP contribution in [-0.2, 0) is 11.3 Å². The number of furan rings is 2. The minimum Gasteiger partial charge on any atom is -0.467 e. The average Bonchev–Trinajstić information content (AvgIpc) is 3.37. The summed E-state index contributed by atoms with van der Waals surface area (Å²) in [6.07, 6.45) is 3.89. The van der Waals surface area contributed by atoms with Gasteiger partial charge in [-0.2, -0.15) is 0 Å². The minimum atomic E-state index is -0.279. The van der Waals surface area contributed by atoms with Crippen LogP contribution in [0.3, 0.4) is 0 Å². The predicted molar refractivity (Wildman–Crippen MR) is 101 cm³/mol. The van der Waals surface area contributed by atoms with Crippen LogP contribution in [0.2, 0.25) is 0 Å². The van der Waals surface area contributed by atoms with E-state index in [-0.39, 0.29) is 17.6 Å². The van der Waals surface area contributed by atoms with Crippen LogP contribution >= 0.6 is 0 Å². The van der Waals surface area contributed by atoms with Crippen molar-refractivity contribution < 1.29 is 18.4 Å². The number of benzene rings is 1. The number of nitrogens with one attached hydrogen (secondary N) is 1. The topological polar surface area (TPSA) is 75.7 Å². The summed E-state index contributed by atoms with van der Waals surface area (Å²) in [5.74, 6) is 0.677. The van der Waals surface area contributed by atoms with Crippen molar-refractivity contribution in [2.75, 3.05) is 11.4 Å². The Bertz CT molecular complexity index is 852. The molecule has 2 aromatic heterocycles. The first-order chi connectivity index (χ1) is 13.1. The highest BCUT2D eigenvalue weighted by atomic mass is 16.3. The molecule has 0 aliphatic carbocycles. The second-order valence-electron chi connectivity index (χ2n) is 6.23. The molecule has 27 heavy (non-hydrogen) atoms. The van der Waals surface area contributed by atoms with E-state index in [1.165, 1.54) is 6.26 Å². The number of hydrogen-bond acceptors (Lipinski definition) is 4. The van der Waals surface area contributed by atoms with Crippen molar-refractivity contribution in [3.8, 4) is 0 Å². The maximum Gasteiger partial charge on any atom is 0.286 e. The van der Waals surface area contributed by atoms with Crippen LogP contribution in [0, 0.1) is 6.92 Å². The molecule has 0 aliphatic rings. The summed E-state index contributed by atoms with van der Waals surface area (Å²) in [7, 11) is 0. The molecular weight excluding hydrogens is 344 g/mol. The van der Waals surface area contributed by atoms with E-state index in [9.17, 15) is 9.59 Å². The Balaban J connectivity index is 1.57. The molecule has 1 N–H and O–H groups in total. The van der Waals surface area contributed by atoms with E-state index in [4.69, 9.17) is 8.83 Å². The van der Waals surface area contributed by atoms with E-state index in [1.807, 2.05) is 37.3 Å². The summed E-state index contributed by atoms with van der Waals surface area (Å²) in [4.78, 5) is 26.3. The molecule has 3 aromatic rings. The van der Waals surface area contributed by atoms with Crippen molar-refractivity contribution in [1.29, 1.82) is 0 Å². The van der Waals surface area contributed by atoms with Gasteiger partial charge in [0.2, 0.25) is 5.91 Å². The molecule has 6 nitrogen and oxygen atoms in total. The lowest BCUT2D eigenvalue weighted by atomic mass is 10.2. The number of anilines is 1. The van der Waals surface area contributed by atoms with Gasteiger partial charge in [0.25, 0.3) is 5.91 Å². The lowest BCUT2D eigenvalue weighted by Crippen LogP contribution is -2.31. The fourth-order valence-corrected chi connectivity index (χ4v) is 2.68. The van der Waals surface area contributed by atoms with Gasteiger partial charge in [0.05, 0.1) is 19.1 Å². The fourth-order valence-electron chi connectivity index (χ4n) is 2.68. The van der Waals surface area contributed by atoms with E-state index < -0.39 is 0 Å². The lowest BCUT2D eigenvalue weighted by molar-refractivity contribution is -0.118. The first kappa shape index (κ1) is 18.5. The fraction of sp³-hybridized carbons (Fsp3) is 0.238. The molecule has 140 valence electrons. The molecule has 0 unspecified atom stereocenters. The third-order valence-corrected chi connectivity index (χ3v) is 4.14. The third kappa shape index (κ3) is 5.10. The highest BCUT2D eigenvalue weighted by Crippen LogP contribution is 2.20. The summed E-state index contributed by atoms with van der Waals surface area (Å²) >= 11 is 0. The average molecular weight is 366 g/mol. The number of carbonyl (C=O) groups excluding carboxylic acids is 2. The lowest BCUT2D eigenvalue weighted by Gasteiger charge is -2.22. The maximum absolute atomic E-state index is 12.8. The molecule has 0 saturated carbocycles. The van der Waals surface area contributed by atoms with Crippen LogP contribution in [0.15, 0.2) is 69.9 Å². The molecular formula is C21H22N2O4. The molecule has 0 fully saturated rings. The van der Waals surface area contributed by atoms with Crippen LogP contribution in [-0.4, -0.2) is 18.4 Å². The Kier molecular flexibility index (Phi) is 6.10. The molecule has 2 amide bonds. The zero-order valence-electron chi connectivity index (χ0n) is 15.2. The van der Waals surface area contributed by atoms with Crippen molar-refractivity contribution in [2.24, 2.45) is 0 Å². The van der Waals surface area contributed by atoms with Crippen LogP contribution in [0.25, 0.3) is 0 Å². The van der Waals surface area contributed by atoms with Crippen LogP contribution in [0.1, 0.15) is 34.7 Å². The second kappa shape index (κ2) is 8.89. The molecule has 1 aromatic carbocycles. The highest BCUT2D eigenvalue weighted by Gasteiger charge is 2.17. The van der Waals surface area contributed by atoms with Crippen molar-refractivity contribution in [3.63, 3.8) is 0 Å². The predicted octanol–water partition coefficient (Wildman–Crippen LogP) is 3.92. The van der Waals surface area contributed by atoms with E-state index in [1.54, 1.807) is 29.4 Å². The van der Waals surface area contributed by atoms with Crippen molar-refractivity contribution in [2.45, 2.75) is 26.3 Å². The Hall–Kier alpha value is -3.28. The Morgan fingerprint density at radius 3 is 2.41 bits per heavy atom. The summed E-state index contributed by atoms with van der Waals surface area (Å²) in [6.45, 7) is 2.77. The van der Waals surface area contributed by atoms with E-state index >= 15 is 0 Å². The highest BCUT2D eigenvalue weighted by molar-refractivity contribution is 5.93. The molecule has 0 spiro atoms. The molecule has 0 bridgehead atoms. The molecule has 0 aliphatic heterocycles. The summed E-state index contributed by atoms with van der Waals surface area (Å²) < 4.78 is 10.4. The molecule has 6 heteroatoms. The van der Waals surface area contributed by atoms with Gasteiger partial charge in [0.1, 0.15) is 5.76 Å².